The summed E-state index contributed by atoms with van der Waals surface area (Å²) in [4.78, 5) is 8.71. The summed E-state index contributed by atoms with van der Waals surface area (Å²) < 4.78 is 0. The Labute approximate surface area is 139 Å². The Balaban J connectivity index is 0.00000110. The lowest BCUT2D eigenvalue weighted by Crippen LogP contribution is -2.35. The predicted octanol–water partition coefficient (Wildman–Crippen LogP) is 3.52. The first-order valence-electron chi connectivity index (χ1n) is 7.62. The second-order valence-corrected chi connectivity index (χ2v) is 6.14. The van der Waals surface area contributed by atoms with Gasteiger partial charge in [-0.3, -0.25) is 0 Å². The zero-order valence-electron chi connectivity index (χ0n) is 12.3. The van der Waals surface area contributed by atoms with Crippen LogP contribution in [-0.2, 0) is 0 Å². The van der Waals surface area contributed by atoms with Crippen molar-refractivity contribution in [3.05, 3.63) is 18.1 Å². The summed E-state index contributed by atoms with van der Waals surface area (Å²) in [5.74, 6) is 2.36. The highest BCUT2D eigenvalue weighted by Crippen LogP contribution is 2.34. The zero-order valence-corrected chi connectivity index (χ0v) is 14.0. The van der Waals surface area contributed by atoms with Gasteiger partial charge in [-0.05, 0) is 31.6 Å². The van der Waals surface area contributed by atoms with Gasteiger partial charge < -0.3 is 11.1 Å². The van der Waals surface area contributed by atoms with Crippen LogP contribution in [-0.4, -0.2) is 22.6 Å². The molecule has 120 valence electrons. The molecule has 3 rings (SSSR count). The fourth-order valence-corrected chi connectivity index (χ4v) is 3.24. The molecular formula is C15H26Cl2N4. The molecule has 6 heteroatoms. The third kappa shape index (κ3) is 4.97. The van der Waals surface area contributed by atoms with E-state index in [0.29, 0.717) is 12.0 Å². The molecule has 0 atom stereocenters. The molecule has 0 unspecified atom stereocenters. The summed E-state index contributed by atoms with van der Waals surface area (Å²) >= 11 is 0. The van der Waals surface area contributed by atoms with Gasteiger partial charge in [-0.15, -0.1) is 24.8 Å². The Hall–Kier alpha value is -0.580. The van der Waals surface area contributed by atoms with E-state index in [1.807, 2.05) is 0 Å². The quantitative estimate of drug-likeness (QED) is 0.885. The van der Waals surface area contributed by atoms with Crippen LogP contribution in [0.1, 0.15) is 56.6 Å². The van der Waals surface area contributed by atoms with E-state index in [0.717, 1.165) is 36.8 Å². The predicted molar refractivity (Wildman–Crippen MR) is 91.5 cm³/mol. The van der Waals surface area contributed by atoms with E-state index in [-0.39, 0.29) is 24.8 Å². The van der Waals surface area contributed by atoms with Crippen LogP contribution in [0.3, 0.4) is 0 Å². The number of halogens is 2. The number of nitrogens with zero attached hydrogens (tertiary/aromatic N) is 2. The first-order chi connectivity index (χ1) is 9.31. The number of rotatable bonds is 4. The molecule has 3 N–H and O–H groups in total. The van der Waals surface area contributed by atoms with Crippen molar-refractivity contribution in [3.63, 3.8) is 0 Å². The Kier molecular flexibility index (Phi) is 7.71. The van der Waals surface area contributed by atoms with Crippen LogP contribution in [0.5, 0.6) is 0 Å². The maximum absolute atomic E-state index is 5.84. The van der Waals surface area contributed by atoms with Gasteiger partial charge >= 0.3 is 0 Å². The van der Waals surface area contributed by atoms with Crippen molar-refractivity contribution in [2.45, 2.75) is 56.9 Å². The second kappa shape index (κ2) is 8.76. The summed E-state index contributed by atoms with van der Waals surface area (Å²) in [6.45, 7) is 1.06. The van der Waals surface area contributed by atoms with Gasteiger partial charge in [0.05, 0.1) is 0 Å². The SMILES string of the molecule is Cl.Cl.NC1CC(c2cc(NCC3CCCCC3)ncn2)C1. The van der Waals surface area contributed by atoms with E-state index in [1.54, 1.807) is 6.33 Å². The Bertz CT molecular complexity index is 418. The molecule has 1 heterocycles. The molecule has 0 bridgehead atoms. The van der Waals surface area contributed by atoms with Crippen molar-refractivity contribution >= 4 is 30.6 Å². The van der Waals surface area contributed by atoms with E-state index in [1.165, 1.54) is 32.1 Å². The molecule has 0 radical (unpaired) electrons. The molecule has 2 aliphatic rings. The average Bonchev–Trinajstić information content (AvgIpc) is 2.43. The number of hydrogen-bond donors (Lipinski definition) is 2. The molecule has 0 saturated heterocycles. The number of aromatic nitrogens is 2. The van der Waals surface area contributed by atoms with Gasteiger partial charge in [0.1, 0.15) is 12.1 Å². The normalized spacial score (nSPS) is 25.2. The van der Waals surface area contributed by atoms with Crippen LogP contribution in [0.15, 0.2) is 12.4 Å². The minimum Gasteiger partial charge on any atom is -0.370 e. The summed E-state index contributed by atoms with van der Waals surface area (Å²) in [5, 5.41) is 3.49. The molecule has 4 nitrogen and oxygen atoms in total. The fourth-order valence-electron chi connectivity index (χ4n) is 3.24. The van der Waals surface area contributed by atoms with E-state index in [2.05, 4.69) is 21.4 Å². The van der Waals surface area contributed by atoms with Crippen LogP contribution in [0.4, 0.5) is 5.82 Å². The highest BCUT2D eigenvalue weighted by molar-refractivity contribution is 5.85. The van der Waals surface area contributed by atoms with Gasteiger partial charge in [0, 0.05) is 30.3 Å². The lowest BCUT2D eigenvalue weighted by molar-refractivity contribution is 0.345. The number of nitrogens with one attached hydrogen (secondary N) is 1. The van der Waals surface area contributed by atoms with E-state index >= 15 is 0 Å². The lowest BCUT2D eigenvalue weighted by Gasteiger charge is -2.31. The van der Waals surface area contributed by atoms with Crippen LogP contribution in [0.25, 0.3) is 0 Å². The smallest absolute Gasteiger partial charge is 0.129 e. The van der Waals surface area contributed by atoms with Crippen LogP contribution >= 0.6 is 24.8 Å². The standard InChI is InChI=1S/C15H24N4.2ClH/c16-13-6-12(7-13)14-8-15(19-10-18-14)17-9-11-4-2-1-3-5-11;;/h8,10-13H,1-7,9,16H2,(H,17,18,19);2*1H. The third-order valence-corrected chi connectivity index (χ3v) is 4.58. The van der Waals surface area contributed by atoms with Crippen molar-refractivity contribution in [2.24, 2.45) is 11.7 Å². The maximum atomic E-state index is 5.84. The van der Waals surface area contributed by atoms with Gasteiger partial charge in [0.2, 0.25) is 0 Å². The molecule has 0 spiro atoms. The van der Waals surface area contributed by atoms with Crippen molar-refractivity contribution in [2.75, 3.05) is 11.9 Å². The Morgan fingerprint density at radius 2 is 1.81 bits per heavy atom. The van der Waals surface area contributed by atoms with Crippen molar-refractivity contribution < 1.29 is 0 Å². The maximum Gasteiger partial charge on any atom is 0.129 e. The van der Waals surface area contributed by atoms with Crippen molar-refractivity contribution in [1.82, 2.24) is 9.97 Å². The Morgan fingerprint density at radius 3 is 2.48 bits per heavy atom. The van der Waals surface area contributed by atoms with Crippen molar-refractivity contribution in [3.8, 4) is 0 Å². The molecule has 0 aliphatic heterocycles. The molecule has 2 aliphatic carbocycles. The van der Waals surface area contributed by atoms with Gasteiger partial charge in [0.25, 0.3) is 0 Å². The summed E-state index contributed by atoms with van der Waals surface area (Å²) in [6.07, 6.45) is 10.7. The first kappa shape index (κ1) is 18.5. The molecule has 2 saturated carbocycles. The fraction of sp³-hybridized carbons (Fsp3) is 0.733. The van der Waals surface area contributed by atoms with Gasteiger partial charge in [-0.1, -0.05) is 19.3 Å². The summed E-state index contributed by atoms with van der Waals surface area (Å²) in [7, 11) is 0. The minimum atomic E-state index is 0. The number of nitrogens with two attached hydrogens (primary N) is 1. The number of anilines is 1. The molecule has 0 amide bonds. The van der Waals surface area contributed by atoms with E-state index < -0.39 is 0 Å². The van der Waals surface area contributed by atoms with Gasteiger partial charge in [-0.25, -0.2) is 9.97 Å². The van der Waals surface area contributed by atoms with Gasteiger partial charge in [-0.2, -0.15) is 0 Å². The molecule has 2 fully saturated rings. The zero-order chi connectivity index (χ0) is 13.1. The number of hydrogen-bond acceptors (Lipinski definition) is 4. The highest BCUT2D eigenvalue weighted by Gasteiger charge is 2.28. The second-order valence-electron chi connectivity index (χ2n) is 6.14. The molecule has 1 aromatic heterocycles. The van der Waals surface area contributed by atoms with Crippen LogP contribution < -0.4 is 11.1 Å². The van der Waals surface area contributed by atoms with E-state index in [9.17, 15) is 0 Å². The van der Waals surface area contributed by atoms with Crippen LogP contribution in [0.2, 0.25) is 0 Å². The minimum absolute atomic E-state index is 0. The van der Waals surface area contributed by atoms with Crippen molar-refractivity contribution in [1.29, 1.82) is 0 Å². The monoisotopic (exact) mass is 332 g/mol. The summed E-state index contributed by atoms with van der Waals surface area (Å²) in [5.41, 5.74) is 7.00. The van der Waals surface area contributed by atoms with Gasteiger partial charge in [0.15, 0.2) is 0 Å². The topological polar surface area (TPSA) is 63.8 Å². The molecular weight excluding hydrogens is 307 g/mol. The molecule has 21 heavy (non-hydrogen) atoms. The molecule has 0 aromatic carbocycles. The highest BCUT2D eigenvalue weighted by atomic mass is 35.5. The van der Waals surface area contributed by atoms with E-state index in [4.69, 9.17) is 5.73 Å². The lowest BCUT2D eigenvalue weighted by atomic mass is 9.78. The molecule has 1 aromatic rings. The average molecular weight is 333 g/mol. The summed E-state index contributed by atoms with van der Waals surface area (Å²) in [6, 6.07) is 2.48. The Morgan fingerprint density at radius 1 is 1.10 bits per heavy atom. The van der Waals surface area contributed by atoms with Crippen LogP contribution in [0, 0.1) is 5.92 Å². The first-order valence-corrected chi connectivity index (χ1v) is 7.62. The largest absolute Gasteiger partial charge is 0.370 e. The third-order valence-electron chi connectivity index (χ3n) is 4.58.